The number of hydrogen-bond donors (Lipinski definition) is 3. The van der Waals surface area contributed by atoms with Gasteiger partial charge in [0.05, 0.1) is 9.79 Å². The highest BCUT2D eigenvalue weighted by atomic mass is 32.2. The smallest absolute Gasteiger partial charge is 0.240 e. The van der Waals surface area contributed by atoms with Crippen LogP contribution in [0.4, 0.5) is 0 Å². The normalized spacial score (nSPS) is 25.5. The second-order valence-electron chi connectivity index (χ2n) is 6.56. The number of rotatable bonds is 6. The van der Waals surface area contributed by atoms with Gasteiger partial charge in [0.1, 0.15) is 0 Å². The fraction of sp³-hybridized carbons (Fsp3) is 0.600. The molecular formula is C15H23N3O4S2. The van der Waals surface area contributed by atoms with Gasteiger partial charge in [0, 0.05) is 12.1 Å². The number of benzene rings is 1. The fourth-order valence-electron chi connectivity index (χ4n) is 2.74. The summed E-state index contributed by atoms with van der Waals surface area (Å²) in [5.74, 6) is 0.205. The predicted molar refractivity (Wildman–Crippen MR) is 90.5 cm³/mol. The van der Waals surface area contributed by atoms with Crippen molar-refractivity contribution in [1.82, 2.24) is 14.8 Å². The van der Waals surface area contributed by atoms with Crippen LogP contribution in [0.2, 0.25) is 0 Å². The van der Waals surface area contributed by atoms with Crippen LogP contribution in [0.25, 0.3) is 0 Å². The molecule has 3 N–H and O–H groups in total. The number of nitrogens with one attached hydrogen (secondary N) is 3. The van der Waals surface area contributed by atoms with Crippen LogP contribution >= 0.6 is 0 Å². The van der Waals surface area contributed by atoms with Gasteiger partial charge in [-0.1, -0.05) is 6.92 Å². The van der Waals surface area contributed by atoms with E-state index >= 15 is 0 Å². The van der Waals surface area contributed by atoms with Gasteiger partial charge in [-0.05, 0) is 62.5 Å². The van der Waals surface area contributed by atoms with Gasteiger partial charge in [-0.15, -0.1) is 0 Å². The van der Waals surface area contributed by atoms with Gasteiger partial charge in [0.2, 0.25) is 20.0 Å². The minimum Gasteiger partial charge on any atom is -0.316 e. The van der Waals surface area contributed by atoms with Crippen LogP contribution in [0, 0.1) is 5.92 Å². The quantitative estimate of drug-likeness (QED) is 0.670. The van der Waals surface area contributed by atoms with E-state index in [2.05, 4.69) is 14.8 Å². The summed E-state index contributed by atoms with van der Waals surface area (Å²) in [5.41, 5.74) is 0. The standard InChI is InChI=1S/C15H23N3O4S2/c1-11-10-16-9-8-15(11)18-24(21,22)14-6-4-13(5-7-14)23(19,20)17-12-2-3-12/h4-7,11-12,15-18H,2-3,8-10H2,1H3. The van der Waals surface area contributed by atoms with Crippen LogP contribution in [0.15, 0.2) is 34.1 Å². The van der Waals surface area contributed by atoms with Crippen LogP contribution in [-0.2, 0) is 20.0 Å². The molecule has 1 aliphatic carbocycles. The van der Waals surface area contributed by atoms with Crippen molar-refractivity contribution in [2.45, 2.75) is 48.1 Å². The fourth-order valence-corrected chi connectivity index (χ4v) is 5.43. The summed E-state index contributed by atoms with van der Waals surface area (Å²) in [6.07, 6.45) is 2.44. The zero-order valence-electron chi connectivity index (χ0n) is 13.5. The molecule has 0 amide bonds. The minimum absolute atomic E-state index is 0.0153. The van der Waals surface area contributed by atoms with Crippen molar-refractivity contribution >= 4 is 20.0 Å². The minimum atomic E-state index is -3.66. The summed E-state index contributed by atoms with van der Waals surface area (Å²) >= 11 is 0. The maximum atomic E-state index is 12.5. The Morgan fingerprint density at radius 3 is 1.96 bits per heavy atom. The molecule has 1 aromatic carbocycles. The Morgan fingerprint density at radius 2 is 1.46 bits per heavy atom. The van der Waals surface area contributed by atoms with Crippen molar-refractivity contribution in [1.29, 1.82) is 0 Å². The molecule has 0 spiro atoms. The monoisotopic (exact) mass is 373 g/mol. The van der Waals surface area contributed by atoms with Crippen molar-refractivity contribution < 1.29 is 16.8 Å². The van der Waals surface area contributed by atoms with E-state index in [0.717, 1.165) is 32.4 Å². The largest absolute Gasteiger partial charge is 0.316 e. The lowest BCUT2D eigenvalue weighted by atomic mass is 9.97. The first-order chi connectivity index (χ1) is 11.3. The van der Waals surface area contributed by atoms with Crippen molar-refractivity contribution in [2.24, 2.45) is 5.92 Å². The molecule has 7 nitrogen and oxygen atoms in total. The molecule has 9 heteroatoms. The average molecular weight is 374 g/mol. The second-order valence-corrected chi connectivity index (χ2v) is 9.99. The summed E-state index contributed by atoms with van der Waals surface area (Å²) in [6, 6.07) is 5.26. The highest BCUT2D eigenvalue weighted by molar-refractivity contribution is 7.90. The molecule has 134 valence electrons. The van der Waals surface area contributed by atoms with Gasteiger partial charge in [0.15, 0.2) is 0 Å². The van der Waals surface area contributed by atoms with Gasteiger partial charge >= 0.3 is 0 Å². The molecule has 2 fully saturated rings. The summed E-state index contributed by atoms with van der Waals surface area (Å²) in [4.78, 5) is 0.169. The van der Waals surface area contributed by atoms with Gasteiger partial charge < -0.3 is 5.32 Å². The Hall–Kier alpha value is -1.00. The summed E-state index contributed by atoms with van der Waals surface area (Å²) in [5, 5.41) is 3.23. The molecular weight excluding hydrogens is 350 g/mol. The SMILES string of the molecule is CC1CNCCC1NS(=O)(=O)c1ccc(S(=O)(=O)NC2CC2)cc1. The maximum absolute atomic E-state index is 12.5. The molecule has 2 aliphatic rings. The first kappa shape index (κ1) is 17.8. The lowest BCUT2D eigenvalue weighted by molar-refractivity contribution is 0.328. The second kappa shape index (κ2) is 6.72. The van der Waals surface area contributed by atoms with E-state index < -0.39 is 20.0 Å². The average Bonchev–Trinajstić information content (AvgIpc) is 3.33. The van der Waals surface area contributed by atoms with Gasteiger partial charge in [-0.2, -0.15) is 0 Å². The maximum Gasteiger partial charge on any atom is 0.240 e. The van der Waals surface area contributed by atoms with E-state index in [0.29, 0.717) is 0 Å². The lowest BCUT2D eigenvalue weighted by Crippen LogP contribution is -2.48. The Balaban J connectivity index is 1.74. The van der Waals surface area contributed by atoms with E-state index in [4.69, 9.17) is 0 Å². The Kier molecular flexibility index (Phi) is 4.99. The molecule has 24 heavy (non-hydrogen) atoms. The third-order valence-electron chi connectivity index (χ3n) is 4.44. The van der Waals surface area contributed by atoms with Gasteiger partial charge in [-0.25, -0.2) is 26.3 Å². The van der Waals surface area contributed by atoms with Crippen molar-refractivity contribution in [3.05, 3.63) is 24.3 Å². The molecule has 1 aromatic rings. The van der Waals surface area contributed by atoms with Crippen molar-refractivity contribution in [2.75, 3.05) is 13.1 Å². The highest BCUT2D eigenvalue weighted by Crippen LogP contribution is 2.23. The molecule has 0 radical (unpaired) electrons. The molecule has 1 aliphatic heterocycles. The molecule has 0 aromatic heterocycles. The molecule has 1 heterocycles. The zero-order chi connectivity index (χ0) is 17.4. The van der Waals surface area contributed by atoms with Gasteiger partial charge in [0.25, 0.3) is 0 Å². The number of piperidine rings is 1. The number of sulfonamides is 2. The topological polar surface area (TPSA) is 104 Å². The Bertz CT molecular complexity index is 787. The molecule has 1 saturated heterocycles. The van der Waals surface area contributed by atoms with E-state index in [1.54, 1.807) is 0 Å². The van der Waals surface area contributed by atoms with Crippen LogP contribution < -0.4 is 14.8 Å². The van der Waals surface area contributed by atoms with E-state index in [1.807, 2.05) is 6.92 Å². The van der Waals surface area contributed by atoms with Crippen LogP contribution in [0.5, 0.6) is 0 Å². The molecule has 0 bridgehead atoms. The third-order valence-corrected chi connectivity index (χ3v) is 7.48. The molecule has 2 unspecified atom stereocenters. The molecule has 3 rings (SSSR count). The Morgan fingerprint density at radius 1 is 0.917 bits per heavy atom. The van der Waals surface area contributed by atoms with Crippen LogP contribution in [-0.4, -0.2) is 42.0 Å². The molecule has 1 saturated carbocycles. The summed E-state index contributed by atoms with van der Waals surface area (Å²) in [7, 11) is -7.23. The third kappa shape index (κ3) is 4.15. The summed E-state index contributed by atoms with van der Waals surface area (Å²) in [6.45, 7) is 3.55. The van der Waals surface area contributed by atoms with E-state index in [9.17, 15) is 16.8 Å². The highest BCUT2D eigenvalue weighted by Gasteiger charge is 2.29. The van der Waals surface area contributed by atoms with E-state index in [-0.39, 0.29) is 27.8 Å². The van der Waals surface area contributed by atoms with Gasteiger partial charge in [-0.3, -0.25) is 0 Å². The first-order valence-corrected chi connectivity index (χ1v) is 11.1. The van der Waals surface area contributed by atoms with Crippen LogP contribution in [0.3, 0.4) is 0 Å². The predicted octanol–water partition coefficient (Wildman–Crippen LogP) is 0.404. The van der Waals surface area contributed by atoms with Crippen LogP contribution in [0.1, 0.15) is 26.2 Å². The molecule has 2 atom stereocenters. The zero-order valence-corrected chi connectivity index (χ0v) is 15.2. The van der Waals surface area contributed by atoms with Crippen molar-refractivity contribution in [3.63, 3.8) is 0 Å². The number of hydrogen-bond acceptors (Lipinski definition) is 5. The lowest BCUT2D eigenvalue weighted by Gasteiger charge is -2.29. The Labute approximate surface area is 143 Å². The summed E-state index contributed by atoms with van der Waals surface area (Å²) < 4.78 is 54.5. The first-order valence-electron chi connectivity index (χ1n) is 8.13. The van der Waals surface area contributed by atoms with Crippen molar-refractivity contribution in [3.8, 4) is 0 Å². The van der Waals surface area contributed by atoms with E-state index in [1.165, 1.54) is 24.3 Å².